The van der Waals surface area contributed by atoms with E-state index in [9.17, 15) is 14.0 Å². The first-order valence-corrected chi connectivity index (χ1v) is 22.5. The molecular weight excluding hydrogens is 771 g/mol. The van der Waals surface area contributed by atoms with Crippen LogP contribution in [0.5, 0.6) is 0 Å². The van der Waals surface area contributed by atoms with Crippen LogP contribution in [0, 0.1) is 32.4 Å². The molecule has 7 nitrogen and oxygen atoms in total. The maximum absolute atomic E-state index is 15.9. The van der Waals surface area contributed by atoms with Crippen LogP contribution in [0.4, 0.5) is 14.6 Å². The molecule has 4 heterocycles. The first kappa shape index (κ1) is 36.1. The normalized spacial score (nSPS) is 19.5. The van der Waals surface area contributed by atoms with Gasteiger partial charge in [0.05, 0.1) is 0 Å². The van der Waals surface area contributed by atoms with Gasteiger partial charge in [0.2, 0.25) is 0 Å². The summed E-state index contributed by atoms with van der Waals surface area (Å²) in [5.41, 5.74) is 6.17. The summed E-state index contributed by atoms with van der Waals surface area (Å²) in [5, 5.41) is 16.4. The molecule has 10 heteroatoms. The molecule has 2 aliphatic rings. The van der Waals surface area contributed by atoms with Crippen LogP contribution >= 0.6 is 19.8 Å². The molecule has 0 bridgehead atoms. The maximum atomic E-state index is 15.9. The van der Waals surface area contributed by atoms with Crippen LogP contribution in [0.15, 0.2) is 66.9 Å². The van der Waals surface area contributed by atoms with Gasteiger partial charge in [-0.15, -0.1) is 0 Å². The number of nitrogens with one attached hydrogen (secondary N) is 2. The minimum absolute atomic E-state index is 0.170. The molecule has 2 N–H and O–H groups in total. The molecule has 3 aromatic carbocycles. The number of hydrogen-bond donors (Lipinski definition) is 2. The number of benzene rings is 3. The van der Waals surface area contributed by atoms with Gasteiger partial charge in [0.15, 0.2) is 0 Å². The fourth-order valence-electron chi connectivity index (χ4n) is 7.69. The third-order valence-corrected chi connectivity index (χ3v) is 17.2. The van der Waals surface area contributed by atoms with Crippen molar-refractivity contribution in [3.8, 4) is 11.3 Å². The number of alkyl halides is 3. The van der Waals surface area contributed by atoms with E-state index < -0.39 is 25.2 Å². The number of hydrogen-bond acceptors (Lipinski definition) is 6. The third kappa shape index (κ3) is 6.93. The molecule has 2 fully saturated rings. The van der Waals surface area contributed by atoms with E-state index >= 15 is 4.39 Å². The molecule has 2 amide bonds. The van der Waals surface area contributed by atoms with Crippen molar-refractivity contribution >= 4 is 48.2 Å². The van der Waals surface area contributed by atoms with Crippen molar-refractivity contribution in [3.05, 3.63) is 118 Å². The fraction of sp³-hybridized carbons (Fsp3) is 0.357. The molecular formula is C42H44F2IN5O2. The number of fused-ring (bicyclic) bond motifs is 1. The molecule has 7 rings (SSSR count). The van der Waals surface area contributed by atoms with Gasteiger partial charge in [-0.2, -0.15) is 0 Å². The molecule has 2 aliphatic heterocycles. The Hall–Kier alpha value is -4.32. The van der Waals surface area contributed by atoms with Crippen LogP contribution in [0.1, 0.15) is 90.6 Å². The van der Waals surface area contributed by atoms with Gasteiger partial charge < -0.3 is 0 Å². The number of piperidine rings is 1. The van der Waals surface area contributed by atoms with Crippen LogP contribution < -0.4 is 10.6 Å². The smallest absolute Gasteiger partial charge is 0.206 e. The predicted molar refractivity (Wildman–Crippen MR) is 211 cm³/mol. The van der Waals surface area contributed by atoms with Gasteiger partial charge in [0.1, 0.15) is 0 Å². The molecule has 0 spiro atoms. The Morgan fingerprint density at radius 1 is 0.962 bits per heavy atom. The number of amides is 2. The molecule has 0 unspecified atom stereocenters. The predicted octanol–water partition coefficient (Wildman–Crippen LogP) is 9.35. The number of carbonyl (C=O) groups is 2. The van der Waals surface area contributed by atoms with Crippen molar-refractivity contribution < 1.29 is 18.4 Å². The van der Waals surface area contributed by atoms with Crippen molar-refractivity contribution in [1.82, 2.24) is 20.5 Å². The number of rotatable bonds is 8. The van der Waals surface area contributed by atoms with Gasteiger partial charge in [0.25, 0.3) is 0 Å². The van der Waals surface area contributed by atoms with Gasteiger partial charge in [-0.05, 0) is 12.5 Å². The van der Waals surface area contributed by atoms with E-state index in [1.54, 1.807) is 32.9 Å². The summed E-state index contributed by atoms with van der Waals surface area (Å²) in [6.07, 6.45) is 4.43. The van der Waals surface area contributed by atoms with Crippen LogP contribution in [0.2, 0.25) is 0 Å². The summed E-state index contributed by atoms with van der Waals surface area (Å²) in [6, 6.07) is 19.6. The minimum atomic E-state index is -1.32. The number of halogens is 3. The summed E-state index contributed by atoms with van der Waals surface area (Å²) in [7, 11) is 0. The molecule has 270 valence electrons. The molecule has 2 saturated heterocycles. The van der Waals surface area contributed by atoms with E-state index in [1.165, 1.54) is 5.56 Å². The standard InChI is InChI=1S/C42H44F2IN5O2/c1-24-8-6-11-31(38(24)43)26(3)47-40-33-21-36(46-23-34(33)27(4)49-50-40)30-10-7-9-28(20-30)22-45-18-15-29(16-19-45)32-12-13-35(25(2)39(32)44)42(5)17-14-37(51)48-41(42)52/h6-13,20-21,23,26,29H,14-19,22H2,1-5H3,(H,47,50)(H,48,51,52)/t26-,42-/m1/s1. The molecule has 2 aromatic heterocycles. The first-order valence-electron chi connectivity index (χ1n) is 17.9. The average molecular weight is 816 g/mol. The second-order valence-electron chi connectivity index (χ2n) is 14.5. The van der Waals surface area contributed by atoms with E-state index in [0.29, 0.717) is 34.5 Å². The summed E-state index contributed by atoms with van der Waals surface area (Å²) in [6.45, 7) is 9.17. The van der Waals surface area contributed by atoms with E-state index in [-0.39, 0.29) is 41.8 Å². The van der Waals surface area contributed by atoms with Crippen molar-refractivity contribution in [1.29, 1.82) is 0 Å². The molecule has 0 aliphatic carbocycles. The second kappa shape index (κ2) is 14.6. The Bertz CT molecular complexity index is 2200. The molecule has 5 aromatic rings. The van der Waals surface area contributed by atoms with E-state index in [4.69, 9.17) is 4.98 Å². The van der Waals surface area contributed by atoms with Crippen molar-refractivity contribution in [2.24, 2.45) is 0 Å². The Morgan fingerprint density at radius 3 is 2.50 bits per heavy atom. The van der Waals surface area contributed by atoms with E-state index in [1.807, 2.05) is 44.3 Å². The van der Waals surface area contributed by atoms with Crippen molar-refractivity contribution in [2.75, 3.05) is 14.2 Å². The zero-order valence-electron chi connectivity index (χ0n) is 30.2. The first-order chi connectivity index (χ1) is 24.9. The summed E-state index contributed by atoms with van der Waals surface area (Å²) < 4.78 is 34.3. The molecule has 0 radical (unpaired) electrons. The average Bonchev–Trinajstić information content (AvgIpc) is 3.14. The van der Waals surface area contributed by atoms with E-state index in [0.717, 1.165) is 59.4 Å². The Labute approximate surface area is 310 Å². The van der Waals surface area contributed by atoms with Crippen molar-refractivity contribution in [3.63, 3.8) is 0 Å². The Morgan fingerprint density at radius 2 is 1.73 bits per heavy atom. The number of carbonyl (C=O) groups excluding carboxylic acids is 2. The summed E-state index contributed by atoms with van der Waals surface area (Å²) >= 11 is -1.32. The summed E-state index contributed by atoms with van der Waals surface area (Å²) in [4.78, 5) is 29.3. The molecule has 52 heavy (non-hydrogen) atoms. The molecule has 2 atom stereocenters. The molecule has 0 saturated carbocycles. The Kier molecular flexibility index (Phi) is 10.1. The quantitative estimate of drug-likeness (QED) is 0.0922. The summed E-state index contributed by atoms with van der Waals surface area (Å²) in [5.74, 6) is -0.288. The fourth-order valence-corrected chi connectivity index (χ4v) is 14.0. The van der Waals surface area contributed by atoms with Crippen LogP contribution in [0.3, 0.4) is 0 Å². The minimum Gasteiger partial charge on any atom is -0.206 e. The van der Waals surface area contributed by atoms with Crippen LogP contribution in [0.25, 0.3) is 22.0 Å². The monoisotopic (exact) mass is 815 g/mol. The Balaban J connectivity index is 1.05. The zero-order chi connectivity index (χ0) is 36.7. The zero-order valence-corrected chi connectivity index (χ0v) is 32.4. The van der Waals surface area contributed by atoms with Gasteiger partial charge in [-0.1, -0.05) is 12.1 Å². The number of nitrogens with zero attached hydrogens (tertiary/aromatic N) is 3. The third-order valence-electron chi connectivity index (χ3n) is 11.0. The number of imide groups is 1. The van der Waals surface area contributed by atoms with Gasteiger partial charge >= 0.3 is 283 Å². The number of anilines is 1. The number of aryl methyl sites for hydroxylation is 2. The van der Waals surface area contributed by atoms with Gasteiger partial charge in [0, 0.05) is 0 Å². The second-order valence-corrected chi connectivity index (χ2v) is 20.7. The van der Waals surface area contributed by atoms with Crippen LogP contribution in [-0.4, -0.2) is 35.9 Å². The van der Waals surface area contributed by atoms with Gasteiger partial charge in [-0.3, -0.25) is 0 Å². The van der Waals surface area contributed by atoms with Crippen LogP contribution in [-0.2, 0) is 19.4 Å². The number of pyridine rings is 1. The topological polar surface area (TPSA) is 96.9 Å². The van der Waals surface area contributed by atoms with E-state index in [2.05, 4.69) is 45.1 Å². The van der Waals surface area contributed by atoms with Crippen molar-refractivity contribution in [2.45, 2.75) is 82.1 Å². The number of aromatic nitrogens is 3. The SMILES string of the molecule is Cc1cccc([C@@H](C)Nc2nnc(C)c3cnc(-c4cccc(CI5CCC(c6ccc([C@@]7(C)CCC(=O)NC7=O)c(C)c6F)CC5)c4)cc23)c1F. The van der Waals surface area contributed by atoms with Gasteiger partial charge in [-0.25, -0.2) is 4.39 Å².